The third-order valence-corrected chi connectivity index (χ3v) is 4.46. The summed E-state index contributed by atoms with van der Waals surface area (Å²) in [6.45, 7) is 8.47. The summed E-state index contributed by atoms with van der Waals surface area (Å²) < 4.78 is 0. The number of rotatable bonds is 2. The van der Waals surface area contributed by atoms with Crippen LogP contribution >= 0.6 is 0 Å². The highest BCUT2D eigenvalue weighted by Gasteiger charge is 2.60. The summed E-state index contributed by atoms with van der Waals surface area (Å²) in [4.78, 5) is 11.1. The van der Waals surface area contributed by atoms with Crippen molar-refractivity contribution in [1.82, 2.24) is 0 Å². The summed E-state index contributed by atoms with van der Waals surface area (Å²) in [6.07, 6.45) is 8.75. The molecule has 2 unspecified atom stereocenters. The molecule has 0 heterocycles. The fourth-order valence-corrected chi connectivity index (χ4v) is 3.72. The van der Waals surface area contributed by atoms with Crippen LogP contribution in [-0.4, -0.2) is 5.78 Å². The molecule has 0 amide bonds. The Morgan fingerprint density at radius 2 is 2.20 bits per heavy atom. The van der Waals surface area contributed by atoms with Crippen molar-refractivity contribution in [3.8, 4) is 0 Å². The van der Waals surface area contributed by atoms with Gasteiger partial charge in [0.2, 0.25) is 0 Å². The zero-order valence-electron chi connectivity index (χ0n) is 10.1. The third-order valence-electron chi connectivity index (χ3n) is 4.46. The maximum Gasteiger partial charge on any atom is 0.152 e. The number of carbonyl (C=O) groups is 1. The lowest BCUT2D eigenvalue weighted by atomic mass is 9.44. The van der Waals surface area contributed by atoms with Crippen molar-refractivity contribution in [2.24, 2.45) is 16.7 Å². The molecule has 0 N–H and O–H groups in total. The summed E-state index contributed by atoms with van der Waals surface area (Å²) in [5.41, 5.74) is 1.96. The lowest BCUT2D eigenvalue weighted by Crippen LogP contribution is -2.52. The smallest absolute Gasteiger partial charge is 0.152 e. The minimum Gasteiger partial charge on any atom is -0.295 e. The van der Waals surface area contributed by atoms with Gasteiger partial charge in [0, 0.05) is 5.41 Å². The molecule has 2 aliphatic rings. The van der Waals surface area contributed by atoms with E-state index in [0.29, 0.717) is 5.41 Å². The average molecular weight is 204 g/mol. The zero-order chi connectivity index (χ0) is 11.3. The van der Waals surface area contributed by atoms with Crippen LogP contribution in [0.1, 0.15) is 40.5 Å². The topological polar surface area (TPSA) is 17.1 Å². The molecule has 1 fully saturated rings. The van der Waals surface area contributed by atoms with Crippen LogP contribution in [0, 0.1) is 16.7 Å². The van der Waals surface area contributed by atoms with Crippen LogP contribution in [0.3, 0.4) is 0 Å². The van der Waals surface area contributed by atoms with Crippen LogP contribution in [0.25, 0.3) is 0 Å². The monoisotopic (exact) mass is 204 g/mol. The molecule has 0 aromatic heterocycles. The van der Waals surface area contributed by atoms with Gasteiger partial charge in [-0.2, -0.15) is 0 Å². The van der Waals surface area contributed by atoms with Crippen LogP contribution in [0.5, 0.6) is 0 Å². The molecule has 0 aromatic rings. The van der Waals surface area contributed by atoms with Crippen LogP contribution < -0.4 is 0 Å². The van der Waals surface area contributed by atoms with Crippen molar-refractivity contribution in [2.45, 2.75) is 40.5 Å². The van der Waals surface area contributed by atoms with E-state index in [1.54, 1.807) is 13.0 Å². The Kier molecular flexibility index (Phi) is 2.18. The average Bonchev–Trinajstić information content (AvgIpc) is 2.37. The highest BCUT2D eigenvalue weighted by molar-refractivity contribution is 5.87. The Labute approximate surface area is 92.3 Å². The number of ketones is 1. The molecule has 0 aromatic carbocycles. The van der Waals surface area contributed by atoms with Crippen molar-refractivity contribution in [1.29, 1.82) is 0 Å². The molecule has 82 valence electrons. The molecule has 2 atom stereocenters. The van der Waals surface area contributed by atoms with Gasteiger partial charge in [-0.3, -0.25) is 4.79 Å². The first-order valence-corrected chi connectivity index (χ1v) is 5.77. The van der Waals surface area contributed by atoms with Crippen molar-refractivity contribution >= 4 is 5.78 Å². The molecule has 2 aliphatic carbocycles. The van der Waals surface area contributed by atoms with E-state index in [2.05, 4.69) is 32.9 Å². The van der Waals surface area contributed by atoms with Gasteiger partial charge in [0.05, 0.1) is 0 Å². The summed E-state index contributed by atoms with van der Waals surface area (Å²) in [5.74, 6) is 0.897. The van der Waals surface area contributed by atoms with Gasteiger partial charge >= 0.3 is 0 Å². The predicted octanol–water partition coefficient (Wildman–Crippen LogP) is 3.51. The molecule has 0 saturated heterocycles. The molecule has 0 spiro atoms. The summed E-state index contributed by atoms with van der Waals surface area (Å²) >= 11 is 0. The normalized spacial score (nSPS) is 37.3. The number of allylic oxidation sites excluding steroid dienone is 4. The van der Waals surface area contributed by atoms with Crippen molar-refractivity contribution in [3.63, 3.8) is 0 Å². The van der Waals surface area contributed by atoms with Crippen LogP contribution in [0.2, 0.25) is 0 Å². The maximum atomic E-state index is 11.1. The largest absolute Gasteiger partial charge is 0.295 e. The van der Waals surface area contributed by atoms with E-state index in [1.165, 1.54) is 18.4 Å². The Balaban J connectivity index is 2.37. The number of hydrogen-bond donors (Lipinski definition) is 0. The van der Waals surface area contributed by atoms with Gasteiger partial charge in [-0.05, 0) is 44.1 Å². The van der Waals surface area contributed by atoms with Crippen molar-refractivity contribution < 1.29 is 4.79 Å². The fraction of sp³-hybridized carbons (Fsp3) is 0.643. The highest BCUT2D eigenvalue weighted by atomic mass is 16.1. The molecule has 1 heteroatoms. The molecular formula is C14H20O. The van der Waals surface area contributed by atoms with Crippen molar-refractivity contribution in [3.05, 3.63) is 23.8 Å². The minimum atomic E-state index is 0.158. The lowest BCUT2D eigenvalue weighted by Gasteiger charge is -2.59. The Hall–Kier alpha value is -0.850. The number of carbonyl (C=O) groups excluding carboxylic acids is 1. The van der Waals surface area contributed by atoms with E-state index in [0.717, 1.165) is 5.92 Å². The summed E-state index contributed by atoms with van der Waals surface area (Å²) in [7, 11) is 0. The van der Waals surface area contributed by atoms with E-state index in [4.69, 9.17) is 0 Å². The summed E-state index contributed by atoms with van der Waals surface area (Å²) in [5, 5.41) is 0. The van der Waals surface area contributed by atoms with Gasteiger partial charge in [0.1, 0.15) is 0 Å². The van der Waals surface area contributed by atoms with Crippen LogP contribution in [0.15, 0.2) is 23.8 Å². The maximum absolute atomic E-state index is 11.1. The first kappa shape index (κ1) is 10.7. The minimum absolute atomic E-state index is 0.158. The molecular weight excluding hydrogens is 184 g/mol. The number of hydrogen-bond acceptors (Lipinski definition) is 1. The van der Waals surface area contributed by atoms with E-state index < -0.39 is 0 Å². The molecule has 0 aliphatic heterocycles. The van der Waals surface area contributed by atoms with Crippen molar-refractivity contribution in [2.75, 3.05) is 0 Å². The molecule has 0 radical (unpaired) electrons. The quantitative estimate of drug-likeness (QED) is 0.497. The zero-order valence-corrected chi connectivity index (χ0v) is 10.1. The molecule has 15 heavy (non-hydrogen) atoms. The van der Waals surface area contributed by atoms with Crippen LogP contribution in [-0.2, 0) is 4.79 Å². The highest BCUT2D eigenvalue weighted by Crippen LogP contribution is 2.68. The van der Waals surface area contributed by atoms with E-state index >= 15 is 0 Å². The fourth-order valence-electron chi connectivity index (χ4n) is 3.72. The lowest BCUT2D eigenvalue weighted by molar-refractivity contribution is -0.112. The molecule has 2 rings (SSSR count). The number of fused-ring (bicyclic) bond motifs is 1. The second-order valence-corrected chi connectivity index (χ2v) is 5.72. The summed E-state index contributed by atoms with van der Waals surface area (Å²) in [6, 6.07) is 0. The standard InChI is InChI=1S/C14H20O/c1-10-5-6-12-9-13(3,4)14(10,12)8-7-11(2)15/h5,7-8,12H,6,9H2,1-4H3/b8-7-. The first-order chi connectivity index (χ1) is 6.90. The molecule has 0 bridgehead atoms. The predicted molar refractivity (Wildman–Crippen MR) is 62.5 cm³/mol. The Morgan fingerprint density at radius 3 is 2.67 bits per heavy atom. The second kappa shape index (κ2) is 3.07. The van der Waals surface area contributed by atoms with Gasteiger partial charge in [-0.1, -0.05) is 31.6 Å². The van der Waals surface area contributed by atoms with Crippen LogP contribution in [0.4, 0.5) is 0 Å². The van der Waals surface area contributed by atoms with Gasteiger partial charge in [0.15, 0.2) is 5.78 Å². The second-order valence-electron chi connectivity index (χ2n) is 5.72. The van der Waals surface area contributed by atoms with Gasteiger partial charge in [0.25, 0.3) is 0 Å². The first-order valence-electron chi connectivity index (χ1n) is 5.77. The van der Waals surface area contributed by atoms with E-state index in [1.807, 2.05) is 0 Å². The molecule has 1 nitrogen and oxygen atoms in total. The third kappa shape index (κ3) is 1.25. The van der Waals surface area contributed by atoms with Gasteiger partial charge in [-0.25, -0.2) is 0 Å². The SMILES string of the molecule is CC(=O)/C=C\C12C(C)=CCC1CC2(C)C. The van der Waals surface area contributed by atoms with Gasteiger partial charge in [-0.15, -0.1) is 0 Å². The Morgan fingerprint density at radius 1 is 1.53 bits per heavy atom. The van der Waals surface area contributed by atoms with E-state index in [-0.39, 0.29) is 11.2 Å². The van der Waals surface area contributed by atoms with Gasteiger partial charge < -0.3 is 0 Å². The Bertz CT molecular complexity index is 360. The molecule has 1 saturated carbocycles. The van der Waals surface area contributed by atoms with E-state index in [9.17, 15) is 4.79 Å².